The molecule has 236 valence electrons. The van der Waals surface area contributed by atoms with Gasteiger partial charge in [-0.1, -0.05) is 114 Å². The zero-order chi connectivity index (χ0) is 33.6. The number of hydrogen-bond donors (Lipinski definition) is 2. The Morgan fingerprint density at radius 2 is 0.804 bits per heavy atom. The fourth-order valence-corrected chi connectivity index (χ4v) is 5.79. The Kier molecular flexibility index (Phi) is 8.43. The van der Waals surface area contributed by atoms with Gasteiger partial charge in [0.15, 0.2) is 0 Å². The molecule has 0 saturated heterocycles. The number of aromatic carboxylic acids is 2. The highest BCUT2D eigenvalue weighted by Crippen LogP contribution is 2.31. The Morgan fingerprint density at radius 3 is 1.09 bits per heavy atom. The Morgan fingerprint density at radius 1 is 0.500 bits per heavy atom. The molecule has 0 bridgehead atoms. The van der Waals surface area contributed by atoms with Gasteiger partial charge < -0.3 is 19.3 Å². The van der Waals surface area contributed by atoms with Crippen molar-refractivity contribution in [3.8, 4) is 22.3 Å². The van der Waals surface area contributed by atoms with Gasteiger partial charge in [0.25, 0.3) is 0 Å². The summed E-state index contributed by atoms with van der Waals surface area (Å²) in [5.74, 6) is -1.78. The number of carboxylic acids is 2. The van der Waals surface area contributed by atoms with Crippen molar-refractivity contribution in [2.24, 2.45) is 14.1 Å². The van der Waals surface area contributed by atoms with Gasteiger partial charge in [-0.05, 0) is 56.3 Å². The maximum atomic E-state index is 11.3. The van der Waals surface area contributed by atoms with Crippen LogP contribution in [0.1, 0.15) is 73.4 Å². The normalized spacial score (nSPS) is 11.8. The van der Waals surface area contributed by atoms with Crippen LogP contribution in [-0.4, -0.2) is 31.3 Å². The van der Waals surface area contributed by atoms with E-state index in [-0.39, 0.29) is 10.8 Å². The van der Waals surface area contributed by atoms with E-state index >= 15 is 0 Å². The van der Waals surface area contributed by atoms with Crippen molar-refractivity contribution >= 4 is 33.7 Å². The van der Waals surface area contributed by atoms with E-state index in [4.69, 9.17) is 0 Å². The number of carboxylic acid groups (broad SMARTS) is 2. The average Bonchev–Trinajstić information content (AvgIpc) is 3.53. The Hall–Kier alpha value is -5.10. The van der Waals surface area contributed by atoms with Crippen LogP contribution in [0.4, 0.5) is 0 Å². The van der Waals surface area contributed by atoms with Crippen LogP contribution in [0.15, 0.2) is 97.3 Å². The summed E-state index contributed by atoms with van der Waals surface area (Å²) in [7, 11) is 3.75. The molecule has 0 fully saturated rings. The lowest BCUT2D eigenvalue weighted by atomic mass is 9.86. The van der Waals surface area contributed by atoms with Crippen molar-refractivity contribution in [2.45, 2.75) is 52.4 Å². The van der Waals surface area contributed by atoms with E-state index in [2.05, 4.69) is 90.1 Å². The first-order valence-electron chi connectivity index (χ1n) is 15.4. The molecule has 0 aliphatic carbocycles. The number of benzene rings is 4. The molecule has 4 aromatic carbocycles. The fourth-order valence-electron chi connectivity index (χ4n) is 5.79. The lowest BCUT2D eigenvalue weighted by Gasteiger charge is -2.19. The molecule has 0 aliphatic heterocycles. The van der Waals surface area contributed by atoms with Crippen LogP contribution >= 0.6 is 0 Å². The minimum absolute atomic E-state index is 0.136. The zero-order valence-electron chi connectivity index (χ0n) is 27.8. The molecule has 2 aromatic heterocycles. The first-order valence-corrected chi connectivity index (χ1v) is 15.4. The van der Waals surface area contributed by atoms with Gasteiger partial charge >= 0.3 is 11.9 Å². The van der Waals surface area contributed by atoms with Crippen LogP contribution in [0.5, 0.6) is 0 Å². The first-order chi connectivity index (χ1) is 21.5. The van der Waals surface area contributed by atoms with Gasteiger partial charge in [0, 0.05) is 48.3 Å². The van der Waals surface area contributed by atoms with Crippen molar-refractivity contribution in [3.05, 3.63) is 120 Å². The maximum Gasteiger partial charge on any atom is 0.337 e. The number of carbonyl (C=O) groups is 2. The largest absolute Gasteiger partial charge is 0.478 e. The van der Waals surface area contributed by atoms with Crippen LogP contribution in [0, 0.1) is 0 Å². The molecule has 0 aliphatic rings. The smallest absolute Gasteiger partial charge is 0.337 e. The van der Waals surface area contributed by atoms with Crippen LogP contribution < -0.4 is 0 Å². The number of hydrogen-bond acceptors (Lipinski definition) is 2. The Bertz CT molecular complexity index is 1910. The molecule has 6 aromatic rings. The Balaban J connectivity index is 0.000000181. The maximum absolute atomic E-state index is 11.3. The van der Waals surface area contributed by atoms with Crippen molar-refractivity contribution in [2.75, 3.05) is 0 Å². The van der Waals surface area contributed by atoms with Crippen LogP contribution in [0.3, 0.4) is 0 Å². The molecule has 0 radical (unpaired) electrons. The topological polar surface area (TPSA) is 84.5 Å². The van der Waals surface area contributed by atoms with Crippen LogP contribution in [0.25, 0.3) is 44.1 Å². The highest BCUT2D eigenvalue weighted by Gasteiger charge is 2.17. The monoisotopic (exact) mass is 614 g/mol. The summed E-state index contributed by atoms with van der Waals surface area (Å²) in [5.41, 5.74) is 9.88. The highest BCUT2D eigenvalue weighted by atomic mass is 16.4. The SMILES string of the molecule is Cn1cc(C(=O)O)c2ccc(-c3ccc(C(C)(C)C)cc3)cc21.Cn1cc(C(=O)O)c2ccc(-c3ccc(C(C)(C)C)cc3)cc21. The van der Waals surface area contributed by atoms with E-state index in [1.54, 1.807) is 12.4 Å². The fraction of sp³-hybridized carbons (Fsp3) is 0.250. The summed E-state index contributed by atoms with van der Waals surface area (Å²) in [6.45, 7) is 13.2. The quantitative estimate of drug-likeness (QED) is 0.207. The summed E-state index contributed by atoms with van der Waals surface area (Å²) >= 11 is 0. The third-order valence-electron chi connectivity index (χ3n) is 8.61. The van der Waals surface area contributed by atoms with Crippen molar-refractivity contribution in [1.29, 1.82) is 0 Å². The molecule has 6 heteroatoms. The summed E-state index contributed by atoms with van der Waals surface area (Å²) in [5, 5.41) is 20.1. The number of fused-ring (bicyclic) bond motifs is 2. The molecule has 6 nitrogen and oxygen atoms in total. The predicted molar refractivity (Wildman–Crippen MR) is 188 cm³/mol. The van der Waals surface area contributed by atoms with Gasteiger partial charge in [0.2, 0.25) is 0 Å². The average molecular weight is 615 g/mol. The minimum atomic E-state index is -0.891. The minimum Gasteiger partial charge on any atom is -0.478 e. The molecule has 2 heterocycles. The summed E-state index contributed by atoms with van der Waals surface area (Å²) < 4.78 is 3.73. The molecule has 0 saturated carbocycles. The number of aryl methyl sites for hydroxylation is 2. The lowest BCUT2D eigenvalue weighted by molar-refractivity contribution is 0.0688. The summed E-state index contributed by atoms with van der Waals surface area (Å²) in [6, 6.07) is 29.0. The molecule has 0 amide bonds. The van der Waals surface area contributed by atoms with Gasteiger partial charge in [-0.25, -0.2) is 9.59 Å². The van der Waals surface area contributed by atoms with Gasteiger partial charge in [0.05, 0.1) is 11.1 Å². The molecular weight excluding hydrogens is 572 g/mol. The second-order valence-corrected chi connectivity index (χ2v) is 14.0. The van der Waals surface area contributed by atoms with E-state index in [0.717, 1.165) is 44.1 Å². The van der Waals surface area contributed by atoms with E-state index in [0.29, 0.717) is 11.1 Å². The third-order valence-corrected chi connectivity index (χ3v) is 8.61. The predicted octanol–water partition coefficient (Wildman–Crippen LogP) is 9.68. The highest BCUT2D eigenvalue weighted by molar-refractivity contribution is 6.05. The van der Waals surface area contributed by atoms with E-state index in [1.165, 1.54) is 11.1 Å². The molecule has 0 spiro atoms. The molecule has 2 N–H and O–H groups in total. The molecule has 0 atom stereocenters. The molecule has 0 unspecified atom stereocenters. The summed E-state index contributed by atoms with van der Waals surface area (Å²) in [6.07, 6.45) is 3.33. The van der Waals surface area contributed by atoms with Gasteiger partial charge in [-0.2, -0.15) is 0 Å². The first kappa shape index (κ1) is 32.3. The number of rotatable bonds is 4. The summed E-state index contributed by atoms with van der Waals surface area (Å²) in [4.78, 5) is 22.6. The van der Waals surface area contributed by atoms with Gasteiger partial charge in [-0.15, -0.1) is 0 Å². The van der Waals surface area contributed by atoms with Crippen molar-refractivity contribution in [1.82, 2.24) is 9.13 Å². The van der Waals surface area contributed by atoms with Gasteiger partial charge in [-0.3, -0.25) is 0 Å². The van der Waals surface area contributed by atoms with E-state index < -0.39 is 11.9 Å². The van der Waals surface area contributed by atoms with E-state index in [1.807, 2.05) is 59.6 Å². The van der Waals surface area contributed by atoms with Crippen molar-refractivity contribution in [3.63, 3.8) is 0 Å². The Labute approximate surface area is 270 Å². The lowest BCUT2D eigenvalue weighted by Crippen LogP contribution is -2.10. The standard InChI is InChI=1S/2C20H21NO2/c2*1-20(2,3)15-8-5-13(6-9-15)14-7-10-16-17(19(22)23)12-21(4)18(16)11-14/h2*5-12H,1-4H3,(H,22,23). The number of aromatic nitrogens is 2. The van der Waals surface area contributed by atoms with Crippen LogP contribution in [-0.2, 0) is 24.9 Å². The second kappa shape index (κ2) is 12.0. The van der Waals surface area contributed by atoms with E-state index in [9.17, 15) is 19.8 Å². The molecular formula is C40H42N2O4. The molecule has 46 heavy (non-hydrogen) atoms. The second-order valence-electron chi connectivity index (χ2n) is 14.0. The van der Waals surface area contributed by atoms with Crippen molar-refractivity contribution < 1.29 is 19.8 Å². The zero-order valence-corrected chi connectivity index (χ0v) is 27.8. The number of nitrogens with zero attached hydrogens (tertiary/aromatic N) is 2. The van der Waals surface area contributed by atoms with Gasteiger partial charge in [0.1, 0.15) is 0 Å². The molecule has 6 rings (SSSR count). The van der Waals surface area contributed by atoms with Crippen LogP contribution in [0.2, 0.25) is 0 Å². The third kappa shape index (κ3) is 6.47.